The third-order valence-electron chi connectivity index (χ3n) is 13.8. The summed E-state index contributed by atoms with van der Waals surface area (Å²) < 4.78 is 11.8. The smallest absolute Gasteiger partial charge is 0.198 e. The van der Waals surface area contributed by atoms with Crippen molar-refractivity contribution in [2.75, 3.05) is 5.32 Å². The van der Waals surface area contributed by atoms with Crippen LogP contribution in [0.5, 0.6) is 0 Å². The number of anilines is 2. The SMILES string of the molecule is CC(C)(C)c1ccc(Nc2cc3c(cc2-c2ccc4c5cc6oc7ccccc7c6cc5n5c4c2Bc2cc4sc6ccccc6c4cc2-5)-c2ccccc2C3(C)C)cc1. The van der Waals surface area contributed by atoms with Crippen LogP contribution >= 0.6 is 11.3 Å². The molecule has 11 aromatic rings. The van der Waals surface area contributed by atoms with Crippen LogP contribution in [0.2, 0.25) is 0 Å². The number of nitrogens with zero attached hydrogens (tertiary/aromatic N) is 1. The first-order chi connectivity index (χ1) is 29.1. The Hall–Kier alpha value is -6.56. The monoisotopic (exact) mass is 788 g/mol. The molecule has 1 aliphatic heterocycles. The first-order valence-corrected chi connectivity index (χ1v) is 21.9. The molecule has 0 spiro atoms. The Morgan fingerprint density at radius 3 is 2.22 bits per heavy atom. The lowest BCUT2D eigenvalue weighted by Crippen LogP contribution is -2.37. The number of nitrogens with one attached hydrogen (secondary N) is 1. The molecule has 0 saturated carbocycles. The molecule has 1 N–H and O–H groups in total. The number of aromatic nitrogens is 1. The molecule has 0 saturated heterocycles. The summed E-state index contributed by atoms with van der Waals surface area (Å²) in [5.41, 5.74) is 19.7. The van der Waals surface area contributed by atoms with E-state index in [1.807, 2.05) is 11.3 Å². The van der Waals surface area contributed by atoms with Crippen molar-refractivity contribution in [3.05, 3.63) is 162 Å². The van der Waals surface area contributed by atoms with E-state index >= 15 is 0 Å². The van der Waals surface area contributed by atoms with Gasteiger partial charge in [0.1, 0.15) is 11.2 Å². The van der Waals surface area contributed by atoms with Gasteiger partial charge >= 0.3 is 0 Å². The fourth-order valence-corrected chi connectivity index (χ4v) is 11.8. The number of hydrogen-bond acceptors (Lipinski definition) is 3. The van der Waals surface area contributed by atoms with Crippen LogP contribution in [0, 0.1) is 0 Å². The van der Waals surface area contributed by atoms with Crippen LogP contribution in [0.3, 0.4) is 0 Å². The first-order valence-electron chi connectivity index (χ1n) is 21.1. The Kier molecular flexibility index (Phi) is 6.75. The van der Waals surface area contributed by atoms with Gasteiger partial charge in [0, 0.05) is 75.3 Å². The summed E-state index contributed by atoms with van der Waals surface area (Å²) in [6.45, 7) is 11.6. The van der Waals surface area contributed by atoms with E-state index in [2.05, 4.69) is 190 Å². The Balaban J connectivity index is 1.11. The number of hydrogen-bond donors (Lipinski definition) is 1. The van der Waals surface area contributed by atoms with Gasteiger partial charge in [-0.2, -0.15) is 0 Å². The largest absolute Gasteiger partial charge is 0.456 e. The van der Waals surface area contributed by atoms with E-state index in [1.165, 1.54) is 97.5 Å². The summed E-state index contributed by atoms with van der Waals surface area (Å²) in [7, 11) is 0.834. The zero-order chi connectivity index (χ0) is 40.2. The minimum atomic E-state index is -0.128. The quantitative estimate of drug-likeness (QED) is 0.181. The normalized spacial score (nSPS) is 14.0. The third-order valence-corrected chi connectivity index (χ3v) is 14.9. The maximum atomic E-state index is 6.53. The van der Waals surface area contributed by atoms with E-state index in [9.17, 15) is 0 Å². The maximum Gasteiger partial charge on any atom is 0.198 e. The summed E-state index contributed by atoms with van der Waals surface area (Å²) in [5.74, 6) is 0. The molecule has 0 fully saturated rings. The topological polar surface area (TPSA) is 30.1 Å². The van der Waals surface area contributed by atoms with Gasteiger partial charge in [-0.1, -0.05) is 125 Å². The summed E-state index contributed by atoms with van der Waals surface area (Å²) in [6, 6.07) is 54.6. The van der Waals surface area contributed by atoms with Crippen molar-refractivity contribution in [1.29, 1.82) is 0 Å². The molecule has 3 aromatic heterocycles. The van der Waals surface area contributed by atoms with Gasteiger partial charge in [0.2, 0.25) is 0 Å². The highest BCUT2D eigenvalue weighted by molar-refractivity contribution is 7.26. The van der Waals surface area contributed by atoms with Gasteiger partial charge in [0.05, 0.1) is 5.52 Å². The Bertz CT molecular complexity index is 3670. The molecule has 1 aliphatic carbocycles. The van der Waals surface area contributed by atoms with E-state index < -0.39 is 0 Å². The van der Waals surface area contributed by atoms with E-state index in [-0.39, 0.29) is 10.8 Å². The molecule has 0 unspecified atom stereocenters. The molecular weight excluding hydrogens is 747 g/mol. The van der Waals surface area contributed by atoms with Crippen molar-refractivity contribution in [2.24, 2.45) is 0 Å². The lowest BCUT2D eigenvalue weighted by molar-refractivity contribution is 0.590. The Morgan fingerprint density at radius 2 is 1.37 bits per heavy atom. The van der Waals surface area contributed by atoms with Crippen molar-refractivity contribution in [3.8, 4) is 27.9 Å². The Morgan fingerprint density at radius 1 is 0.583 bits per heavy atom. The van der Waals surface area contributed by atoms with Gasteiger partial charge < -0.3 is 14.3 Å². The molecule has 0 radical (unpaired) electrons. The standard InChI is InChI=1S/C55H41BN2OS/c1-54(2,3)30-18-20-31(21-19-30)57-45-28-43-37(32-12-6-9-15-42(32)55(43,4)5)24-38(45)35-22-23-36-39-27-49-40(33-13-7-10-16-48(33)59-49)25-46(39)58-47-26-41-34-14-8-11-17-50(34)60-51(41)29-44(47)56-52(35)53(36)58/h6-29,56-57H,1-5H3. The Labute approximate surface area is 353 Å². The molecule has 8 aromatic carbocycles. The van der Waals surface area contributed by atoms with Crippen molar-refractivity contribution >= 4 is 105 Å². The summed E-state index contributed by atoms with van der Waals surface area (Å²) in [4.78, 5) is 0. The fourth-order valence-electron chi connectivity index (χ4n) is 10.7. The minimum Gasteiger partial charge on any atom is -0.456 e. The lowest BCUT2D eigenvalue weighted by Gasteiger charge is -2.26. The second kappa shape index (κ2) is 11.8. The van der Waals surface area contributed by atoms with Crippen molar-refractivity contribution in [1.82, 2.24) is 4.57 Å². The number of fused-ring (bicyclic) bond motifs is 14. The molecule has 0 amide bonds. The molecule has 3 nitrogen and oxygen atoms in total. The van der Waals surface area contributed by atoms with Gasteiger partial charge in [-0.05, 0) is 105 Å². The molecule has 0 atom stereocenters. The molecule has 286 valence electrons. The highest BCUT2D eigenvalue weighted by Gasteiger charge is 2.37. The van der Waals surface area contributed by atoms with Crippen LogP contribution in [0.15, 0.2) is 150 Å². The summed E-state index contributed by atoms with van der Waals surface area (Å²) >= 11 is 1.90. The number of furan rings is 1. The lowest BCUT2D eigenvalue weighted by atomic mass is 9.59. The van der Waals surface area contributed by atoms with Crippen LogP contribution < -0.4 is 16.2 Å². The van der Waals surface area contributed by atoms with Crippen LogP contribution in [-0.4, -0.2) is 11.8 Å². The van der Waals surface area contributed by atoms with Crippen LogP contribution in [0.1, 0.15) is 51.3 Å². The summed E-state index contributed by atoms with van der Waals surface area (Å²) in [6.07, 6.45) is 0. The molecule has 2 aliphatic rings. The maximum absolute atomic E-state index is 6.53. The molecule has 4 heterocycles. The zero-order valence-corrected chi connectivity index (χ0v) is 35.1. The van der Waals surface area contributed by atoms with Crippen LogP contribution in [0.4, 0.5) is 11.4 Å². The zero-order valence-electron chi connectivity index (χ0n) is 34.3. The van der Waals surface area contributed by atoms with Crippen LogP contribution in [0.25, 0.3) is 91.9 Å². The van der Waals surface area contributed by atoms with Gasteiger partial charge in [-0.15, -0.1) is 11.3 Å². The van der Waals surface area contributed by atoms with E-state index in [4.69, 9.17) is 4.42 Å². The number of thiophene rings is 1. The second-order valence-electron chi connectivity index (χ2n) is 18.6. The molecule has 5 heteroatoms. The van der Waals surface area contributed by atoms with E-state index in [1.54, 1.807) is 0 Å². The minimum absolute atomic E-state index is 0.0803. The van der Waals surface area contributed by atoms with E-state index in [0.717, 1.165) is 40.6 Å². The molecule has 0 bridgehead atoms. The highest BCUT2D eigenvalue weighted by Crippen LogP contribution is 2.52. The summed E-state index contributed by atoms with van der Waals surface area (Å²) in [5, 5.41) is 11.4. The van der Waals surface area contributed by atoms with Crippen molar-refractivity contribution in [3.63, 3.8) is 0 Å². The predicted octanol–water partition coefficient (Wildman–Crippen LogP) is 13.8. The predicted molar refractivity (Wildman–Crippen MR) is 259 cm³/mol. The third kappa shape index (κ3) is 4.67. The number of rotatable bonds is 3. The molecule has 60 heavy (non-hydrogen) atoms. The fraction of sp³-hybridized carbons (Fsp3) is 0.127. The van der Waals surface area contributed by atoms with E-state index in [0.29, 0.717) is 0 Å². The highest BCUT2D eigenvalue weighted by atomic mass is 32.1. The average molecular weight is 789 g/mol. The second-order valence-corrected chi connectivity index (χ2v) is 19.7. The molecular formula is C55H41BN2OS. The van der Waals surface area contributed by atoms with Gasteiger partial charge in [-0.25, -0.2) is 0 Å². The van der Waals surface area contributed by atoms with Gasteiger partial charge in [-0.3, -0.25) is 0 Å². The van der Waals surface area contributed by atoms with Gasteiger partial charge in [0.15, 0.2) is 7.28 Å². The van der Waals surface area contributed by atoms with Gasteiger partial charge in [0.25, 0.3) is 0 Å². The van der Waals surface area contributed by atoms with Crippen molar-refractivity contribution in [2.45, 2.75) is 45.4 Å². The number of para-hydroxylation sites is 1. The average Bonchev–Trinajstić information content (AvgIpc) is 3.96. The molecule has 13 rings (SSSR count). The first kappa shape index (κ1) is 34.3. The number of benzene rings is 8. The van der Waals surface area contributed by atoms with Crippen molar-refractivity contribution < 1.29 is 4.42 Å². The van der Waals surface area contributed by atoms with Crippen LogP contribution in [-0.2, 0) is 10.8 Å².